The summed E-state index contributed by atoms with van der Waals surface area (Å²) in [6.07, 6.45) is 0.741. The molecule has 14 heteroatoms. The molecule has 0 amide bonds. The van der Waals surface area contributed by atoms with E-state index in [0.717, 1.165) is 0 Å². The van der Waals surface area contributed by atoms with Gasteiger partial charge in [0.1, 0.15) is 0 Å². The van der Waals surface area contributed by atoms with Crippen LogP contribution in [0.25, 0.3) is 0 Å². The van der Waals surface area contributed by atoms with Crippen LogP contribution in [-0.4, -0.2) is 90.1 Å². The molecule has 0 aliphatic carbocycles. The first-order valence-corrected chi connectivity index (χ1v) is 17.4. The first-order valence-electron chi connectivity index (χ1n) is 11.6. The number of ether oxygens (including phenoxy) is 6. The Morgan fingerprint density at radius 1 is 0.500 bits per heavy atom. The topological polar surface area (TPSA) is 124 Å². The summed E-state index contributed by atoms with van der Waals surface area (Å²) in [5.41, 5.74) is 0. The summed E-state index contributed by atoms with van der Waals surface area (Å²) >= 11 is 0. The quantitative estimate of drug-likeness (QED) is 0.102. The van der Waals surface area contributed by atoms with Crippen LogP contribution < -0.4 is 0 Å². The Labute approximate surface area is 213 Å². The zero-order chi connectivity index (χ0) is 26.1. The standard InChI is InChI=1S/C20H42O10S4/c1-7-25-19(26-8-2,27-9-3)33(21,22)17-13-15-31-32-16-14-18-34(23,24)20(28-10-4,29-11-5)30-12-6/h7-18H2,1-6H3. The van der Waals surface area contributed by atoms with Gasteiger partial charge in [0.15, 0.2) is 0 Å². The van der Waals surface area contributed by atoms with Crippen molar-refractivity contribution in [3.05, 3.63) is 0 Å². The van der Waals surface area contributed by atoms with Crippen LogP contribution in [0.2, 0.25) is 0 Å². The van der Waals surface area contributed by atoms with E-state index in [1.54, 1.807) is 41.5 Å². The molecule has 0 heterocycles. The predicted octanol–water partition coefficient (Wildman–Crippen LogP) is 3.42. The third-order valence-electron chi connectivity index (χ3n) is 4.05. The van der Waals surface area contributed by atoms with E-state index in [1.165, 1.54) is 21.6 Å². The van der Waals surface area contributed by atoms with E-state index >= 15 is 0 Å². The lowest BCUT2D eigenvalue weighted by Crippen LogP contribution is -2.48. The van der Waals surface area contributed by atoms with Crippen LogP contribution in [0.4, 0.5) is 0 Å². The lowest BCUT2D eigenvalue weighted by atomic mass is 10.6. The van der Waals surface area contributed by atoms with Gasteiger partial charge < -0.3 is 28.4 Å². The fourth-order valence-electron chi connectivity index (χ4n) is 2.83. The first kappa shape index (κ1) is 34.4. The summed E-state index contributed by atoms with van der Waals surface area (Å²) in [6, 6.07) is 0. The Kier molecular flexibility index (Phi) is 17.9. The SMILES string of the molecule is CCOC(OCC)(OCC)S(=O)(=O)CCCSSCCCS(=O)(=O)C(OCC)(OCC)OCC. The highest BCUT2D eigenvalue weighted by Gasteiger charge is 2.48. The van der Waals surface area contributed by atoms with Crippen LogP contribution in [-0.2, 0) is 48.1 Å². The molecule has 0 bridgehead atoms. The van der Waals surface area contributed by atoms with Crippen molar-refractivity contribution in [1.82, 2.24) is 0 Å². The van der Waals surface area contributed by atoms with Gasteiger partial charge in [-0.3, -0.25) is 0 Å². The molecule has 0 spiro atoms. The fourth-order valence-corrected chi connectivity index (χ4v) is 8.71. The maximum absolute atomic E-state index is 12.8. The van der Waals surface area contributed by atoms with Gasteiger partial charge >= 0.3 is 10.6 Å². The molecule has 0 aromatic carbocycles. The zero-order valence-electron chi connectivity index (χ0n) is 21.2. The molecule has 0 fully saturated rings. The second-order valence-electron chi connectivity index (χ2n) is 6.59. The average Bonchev–Trinajstić information content (AvgIpc) is 2.76. The Morgan fingerprint density at radius 3 is 0.941 bits per heavy atom. The summed E-state index contributed by atoms with van der Waals surface area (Å²) < 4.78 is 83.5. The smallest absolute Gasteiger partial charge is 0.315 e. The van der Waals surface area contributed by atoms with Crippen molar-refractivity contribution in [3.63, 3.8) is 0 Å². The molecule has 0 aliphatic rings. The molecule has 0 saturated carbocycles. The summed E-state index contributed by atoms with van der Waals surface area (Å²) in [7, 11) is -4.71. The van der Waals surface area contributed by atoms with E-state index < -0.39 is 30.3 Å². The van der Waals surface area contributed by atoms with Gasteiger partial charge in [-0.1, -0.05) is 21.6 Å². The molecule has 0 atom stereocenters. The number of hydrogen-bond acceptors (Lipinski definition) is 12. The fraction of sp³-hybridized carbons (Fsp3) is 1.00. The van der Waals surface area contributed by atoms with Crippen molar-refractivity contribution >= 4 is 41.3 Å². The molecule has 0 aromatic heterocycles. The lowest BCUT2D eigenvalue weighted by Gasteiger charge is -2.31. The third-order valence-corrected chi connectivity index (χ3v) is 10.5. The molecule has 34 heavy (non-hydrogen) atoms. The highest BCUT2D eigenvalue weighted by molar-refractivity contribution is 8.76. The van der Waals surface area contributed by atoms with Gasteiger partial charge in [0.2, 0.25) is 19.7 Å². The molecule has 0 aliphatic heterocycles. The van der Waals surface area contributed by atoms with Crippen LogP contribution in [0.15, 0.2) is 0 Å². The van der Waals surface area contributed by atoms with Gasteiger partial charge in [-0.25, -0.2) is 16.8 Å². The largest absolute Gasteiger partial charge is 0.393 e. The third kappa shape index (κ3) is 10.4. The Balaban J connectivity index is 4.64. The first-order chi connectivity index (χ1) is 16.1. The summed E-state index contributed by atoms with van der Waals surface area (Å²) in [5, 5.41) is -4.16. The van der Waals surface area contributed by atoms with Crippen LogP contribution in [0.5, 0.6) is 0 Å². The van der Waals surface area contributed by atoms with E-state index in [-0.39, 0.29) is 51.1 Å². The Bertz CT molecular complexity index is 632. The summed E-state index contributed by atoms with van der Waals surface area (Å²) in [5.74, 6) is 0.790. The zero-order valence-corrected chi connectivity index (χ0v) is 24.5. The van der Waals surface area contributed by atoms with Crippen molar-refractivity contribution in [2.45, 2.75) is 65.0 Å². The van der Waals surface area contributed by atoms with Gasteiger partial charge in [0.25, 0.3) is 0 Å². The molecule has 0 unspecified atom stereocenters. The molecule has 0 rings (SSSR count). The second-order valence-corrected chi connectivity index (χ2v) is 13.6. The van der Waals surface area contributed by atoms with E-state index in [0.29, 0.717) is 24.3 Å². The van der Waals surface area contributed by atoms with Crippen LogP contribution in [0, 0.1) is 0 Å². The molecular weight excluding hydrogens is 528 g/mol. The summed E-state index contributed by atoms with van der Waals surface area (Å²) in [6.45, 7) is 10.8. The minimum absolute atomic E-state index is 0.129. The minimum Gasteiger partial charge on any atom is -0.315 e. The van der Waals surface area contributed by atoms with Gasteiger partial charge in [0, 0.05) is 11.5 Å². The van der Waals surface area contributed by atoms with Crippen LogP contribution in [0.3, 0.4) is 0 Å². The van der Waals surface area contributed by atoms with Gasteiger partial charge in [-0.15, -0.1) is 0 Å². The van der Waals surface area contributed by atoms with Crippen molar-refractivity contribution in [3.8, 4) is 0 Å². The van der Waals surface area contributed by atoms with Crippen molar-refractivity contribution in [1.29, 1.82) is 0 Å². The van der Waals surface area contributed by atoms with E-state index in [9.17, 15) is 16.8 Å². The summed E-state index contributed by atoms with van der Waals surface area (Å²) in [4.78, 5) is 0. The maximum atomic E-state index is 12.8. The molecule has 0 saturated heterocycles. The number of sulfone groups is 2. The monoisotopic (exact) mass is 570 g/mol. The van der Waals surface area contributed by atoms with Crippen LogP contribution in [0.1, 0.15) is 54.4 Å². The van der Waals surface area contributed by atoms with Gasteiger partial charge in [-0.05, 0) is 54.4 Å². The Hall–Kier alpha value is 0.360. The van der Waals surface area contributed by atoms with Crippen LogP contribution >= 0.6 is 21.6 Å². The average molecular weight is 571 g/mol. The predicted molar refractivity (Wildman–Crippen MR) is 137 cm³/mol. The number of rotatable bonds is 23. The molecule has 0 N–H and O–H groups in total. The van der Waals surface area contributed by atoms with Crippen molar-refractivity contribution in [2.75, 3.05) is 62.7 Å². The highest BCUT2D eigenvalue weighted by atomic mass is 33.1. The Morgan fingerprint density at radius 2 is 0.735 bits per heavy atom. The molecule has 10 nitrogen and oxygen atoms in total. The minimum atomic E-state index is -3.83. The normalized spacial score (nSPS) is 13.5. The second kappa shape index (κ2) is 17.8. The van der Waals surface area contributed by atoms with Crippen molar-refractivity contribution in [2.24, 2.45) is 0 Å². The molecular formula is C20H42O10S4. The van der Waals surface area contributed by atoms with E-state index in [1.807, 2.05) is 0 Å². The van der Waals surface area contributed by atoms with E-state index in [2.05, 4.69) is 0 Å². The van der Waals surface area contributed by atoms with E-state index in [4.69, 9.17) is 28.4 Å². The highest BCUT2D eigenvalue weighted by Crippen LogP contribution is 2.29. The molecule has 0 aromatic rings. The number of hydrogen-bond donors (Lipinski definition) is 0. The lowest BCUT2D eigenvalue weighted by molar-refractivity contribution is -0.318. The van der Waals surface area contributed by atoms with Gasteiger partial charge in [0.05, 0.1) is 51.1 Å². The van der Waals surface area contributed by atoms with Crippen molar-refractivity contribution < 1.29 is 45.3 Å². The molecule has 0 radical (unpaired) electrons. The molecule has 206 valence electrons. The van der Waals surface area contributed by atoms with Gasteiger partial charge in [-0.2, -0.15) is 0 Å². The maximum Gasteiger partial charge on any atom is 0.393 e.